The van der Waals surface area contributed by atoms with Gasteiger partial charge in [-0.05, 0) is 22.3 Å². The standard InChI is InChI=1S/C25H30N6O2.3C24H28N6O2/c1-24(2,3)17-14-18(30-33-17)28-19(32)13-15-7-9-16(10-8-15)20-21-22(26)27-11-12-31(21)23(29-20)25(4,5)6;3*1-14(2)23-28-20(21-22(25)26-10-11-30(21)23)16-8-6-15(7-9-16)12-19(31)27-18-13-17(32-29-18)24(3,4)5/h7-12,14H,13H2,1-6H3,(H2,26,27)(H,28,30,32);3*6-11,13-14H,12H2,1-5H3,(H2,25,26)(H,27,29,31)/i13D2;3D3,4D3;14D;. The van der Waals surface area contributed by atoms with Crippen LogP contribution >= 0.6 is 0 Å². The molecule has 32 heteroatoms. The van der Waals surface area contributed by atoms with E-state index in [2.05, 4.69) is 96.4 Å². The van der Waals surface area contributed by atoms with E-state index < -0.39 is 43.2 Å². The maximum absolute atomic E-state index is 12.8. The molecule has 0 unspecified atom stereocenters. The number of rotatable bonds is 19. The van der Waals surface area contributed by atoms with E-state index in [0.29, 0.717) is 91.4 Å². The highest BCUT2D eigenvalue weighted by molar-refractivity contribution is 5.95. The number of amides is 4. The van der Waals surface area contributed by atoms with Crippen LogP contribution in [0.2, 0.25) is 0 Å². The fourth-order valence-corrected chi connectivity index (χ4v) is 13.9. The van der Waals surface area contributed by atoms with Gasteiger partial charge in [-0.3, -0.25) is 36.8 Å². The van der Waals surface area contributed by atoms with E-state index >= 15 is 0 Å². The lowest BCUT2D eigenvalue weighted by atomic mass is 9.93. The highest BCUT2D eigenvalue weighted by atomic mass is 16.5. The minimum Gasteiger partial charge on any atom is -0.382 e. The number of nitrogens with two attached hydrogens (primary N) is 4. The second-order valence-corrected chi connectivity index (χ2v) is 36.5. The number of nitrogens with one attached hydrogen (secondary N) is 4. The molecule has 4 aromatic carbocycles. The van der Waals surface area contributed by atoms with Gasteiger partial charge in [-0.2, -0.15) is 0 Å². The van der Waals surface area contributed by atoms with Gasteiger partial charge in [-0.1, -0.05) is 263 Å². The lowest BCUT2D eigenvalue weighted by Crippen LogP contribution is -2.16. The maximum atomic E-state index is 12.8. The van der Waals surface area contributed by atoms with Gasteiger partial charge >= 0.3 is 0 Å². The Balaban J connectivity index is 0.000000156. The van der Waals surface area contributed by atoms with Gasteiger partial charge in [0.25, 0.3) is 0 Å². The van der Waals surface area contributed by atoms with Crippen molar-refractivity contribution >= 4 is 92.2 Å². The van der Waals surface area contributed by atoms with Crippen molar-refractivity contribution in [1.82, 2.24) is 78.1 Å². The molecule has 32 nitrogen and oxygen atoms in total. The van der Waals surface area contributed by atoms with Gasteiger partial charge in [0, 0.05) is 153 Å². The third-order valence-electron chi connectivity index (χ3n) is 20.5. The topological polar surface area (TPSA) is 445 Å². The van der Waals surface area contributed by atoms with Crippen molar-refractivity contribution in [3.63, 3.8) is 0 Å². The van der Waals surface area contributed by atoms with Crippen LogP contribution in [-0.4, -0.2) is 102 Å². The number of aromatic nitrogens is 16. The summed E-state index contributed by atoms with van der Waals surface area (Å²) < 4.78 is 100. The number of anilines is 8. The van der Waals surface area contributed by atoms with E-state index in [0.717, 1.165) is 80.8 Å². The monoisotopic (exact) mass is 1750 g/mol. The van der Waals surface area contributed by atoms with Gasteiger partial charge in [-0.15, -0.1) is 0 Å². The van der Waals surface area contributed by atoms with Crippen LogP contribution < -0.4 is 44.2 Å². The molecule has 0 atom stereocenters. The molecule has 12 aromatic heterocycles. The zero-order chi connectivity index (χ0) is 101. The Morgan fingerprint density at radius 2 is 0.628 bits per heavy atom. The van der Waals surface area contributed by atoms with Crippen molar-refractivity contribution in [2.75, 3.05) is 44.2 Å². The first kappa shape index (κ1) is 80.1. The summed E-state index contributed by atoms with van der Waals surface area (Å²) in [4.78, 5) is 86.4. The quantitative estimate of drug-likeness (QED) is 0.0373. The molecule has 0 spiro atoms. The van der Waals surface area contributed by atoms with Gasteiger partial charge in [-0.25, -0.2) is 39.9 Å². The first-order valence-corrected chi connectivity index (χ1v) is 41.9. The summed E-state index contributed by atoms with van der Waals surface area (Å²) in [6, 6.07) is 35.4. The summed E-state index contributed by atoms with van der Waals surface area (Å²) in [5, 5.41) is 26.0. The zero-order valence-electron chi connectivity index (χ0n) is 84.7. The Morgan fingerprint density at radius 3 is 0.915 bits per heavy atom. The van der Waals surface area contributed by atoms with Crippen LogP contribution in [0.1, 0.15) is 244 Å². The van der Waals surface area contributed by atoms with Crippen LogP contribution in [0.4, 0.5) is 46.5 Å². The molecule has 0 aliphatic rings. The molecular weight excluding hydrogens is 1630 g/mol. The zero-order valence-corrected chi connectivity index (χ0v) is 75.7. The maximum Gasteiger partial charge on any atom is 0.230 e. The van der Waals surface area contributed by atoms with Gasteiger partial charge in [0.15, 0.2) is 23.3 Å². The second kappa shape index (κ2) is 37.1. The average molecular weight is 1750 g/mol. The molecule has 4 amide bonds. The predicted octanol–water partition coefficient (Wildman–Crippen LogP) is 18.4. The largest absolute Gasteiger partial charge is 0.382 e. The van der Waals surface area contributed by atoms with Crippen molar-refractivity contribution in [3.8, 4) is 45.0 Å². The van der Waals surface area contributed by atoms with E-state index in [-0.39, 0.29) is 87.5 Å². The summed E-state index contributed by atoms with van der Waals surface area (Å²) in [6.45, 7) is 31.3. The number of fused-ring (bicyclic) bond motifs is 4. The van der Waals surface area contributed by atoms with E-state index in [9.17, 15) is 19.2 Å². The molecular formula is C97H114N24O8. The summed E-state index contributed by atoms with van der Waals surface area (Å²) in [5.41, 5.74) is 33.1. The van der Waals surface area contributed by atoms with Gasteiger partial charge < -0.3 is 62.3 Å². The van der Waals surface area contributed by atoms with Gasteiger partial charge in [0.2, 0.25) is 23.6 Å². The highest BCUT2D eigenvalue weighted by Gasteiger charge is 2.30. The van der Waals surface area contributed by atoms with Gasteiger partial charge in [0.05, 0.1) is 25.6 Å². The molecule has 670 valence electrons. The SMILES string of the molecule is CC(C)c1nc(-c2ccc(CC(=O)Nc3cc(C(C)(C)C)on3)cc2)c2c(N)nccn12.[2H]C(C)(C)c1nc(-c2ccc(CC(=O)Nc3cc(C(C)(C)C)on3)cc2)c2c(N)nccn12.[2H]C([2H])(C(=O)Nc1cc(C(C)(C)C)on1)c1ccc(-c2nc(C(C)(C)C)n3ccnc(N)c23)cc1.[2H]C([2H])([2H])C(C)(c1cc(NC(=O)Cc2ccc(-c3nc(C(C)C)n4ccnc(N)c34)cc2)no1)C([2H])([2H])[2H]. The number of carbonyl (C=O) groups is 4. The summed E-state index contributed by atoms with van der Waals surface area (Å²) in [5.74, 6) is 5.13. The molecule has 129 heavy (non-hydrogen) atoms. The molecule has 12 heterocycles. The van der Waals surface area contributed by atoms with Crippen molar-refractivity contribution in [2.45, 2.75) is 216 Å². The van der Waals surface area contributed by atoms with E-state index in [1.807, 2.05) is 173 Å². The smallest absolute Gasteiger partial charge is 0.230 e. The number of nitrogens with zero attached hydrogens (tertiary/aromatic N) is 16. The number of nitrogen functional groups attached to an aromatic ring is 4. The number of benzene rings is 4. The fourth-order valence-electron chi connectivity index (χ4n) is 13.9. The van der Waals surface area contributed by atoms with Crippen LogP contribution in [0.3, 0.4) is 0 Å². The van der Waals surface area contributed by atoms with Gasteiger partial charge in [0.1, 0.15) is 114 Å². The first-order valence-electron chi connectivity index (χ1n) is 46.4. The van der Waals surface area contributed by atoms with Crippen molar-refractivity contribution < 1.29 is 49.6 Å². The average Bonchev–Trinajstić information content (AvgIpc) is 1.48. The van der Waals surface area contributed by atoms with Crippen molar-refractivity contribution in [2.24, 2.45) is 0 Å². The molecule has 0 bridgehead atoms. The van der Waals surface area contributed by atoms with Crippen LogP contribution in [0.5, 0.6) is 0 Å². The first-order chi connectivity index (χ1) is 64.4. The Labute approximate surface area is 761 Å². The number of imidazole rings is 4. The summed E-state index contributed by atoms with van der Waals surface area (Å²) in [7, 11) is 0. The van der Waals surface area contributed by atoms with Crippen LogP contribution in [-0.2, 0) is 71.9 Å². The van der Waals surface area contributed by atoms with Crippen LogP contribution in [0, 0.1) is 0 Å². The number of hydrogen-bond donors (Lipinski definition) is 8. The Kier molecular flexibility index (Phi) is 23.0. The van der Waals surface area contributed by atoms with E-state index in [1.165, 1.54) is 0 Å². The molecule has 0 saturated heterocycles. The third kappa shape index (κ3) is 21.5. The molecule has 16 rings (SSSR count). The molecule has 16 aromatic rings. The lowest BCUT2D eigenvalue weighted by Gasteiger charge is -2.16. The molecule has 0 aliphatic carbocycles. The lowest BCUT2D eigenvalue weighted by molar-refractivity contribution is -0.116. The minimum absolute atomic E-state index is 0.0108. The molecule has 12 N–H and O–H groups in total. The Morgan fingerprint density at radius 1 is 0.364 bits per heavy atom. The summed E-state index contributed by atoms with van der Waals surface area (Å²) in [6.07, 6.45) is 12.0. The summed E-state index contributed by atoms with van der Waals surface area (Å²) >= 11 is 0. The van der Waals surface area contributed by atoms with Crippen LogP contribution in [0.15, 0.2) is 189 Å². The number of hydrogen-bond acceptors (Lipinski definition) is 24. The van der Waals surface area contributed by atoms with E-state index in [4.69, 9.17) is 73.3 Å². The van der Waals surface area contributed by atoms with E-state index in [1.54, 1.807) is 99.4 Å². The highest BCUT2D eigenvalue weighted by Crippen LogP contribution is 2.38. The third-order valence-corrected chi connectivity index (χ3v) is 20.5. The molecule has 0 fully saturated rings. The second-order valence-electron chi connectivity index (χ2n) is 36.5. The van der Waals surface area contributed by atoms with Crippen molar-refractivity contribution in [1.29, 1.82) is 0 Å². The van der Waals surface area contributed by atoms with Crippen LogP contribution in [0.25, 0.3) is 67.1 Å². The predicted molar refractivity (Wildman–Crippen MR) is 502 cm³/mol. The minimum atomic E-state index is -2.89. The normalized spacial score (nSPS) is 13.4. The molecule has 0 saturated carbocycles. The fraction of sp³-hybridized carbons (Fsp3) is 0.340. The molecule has 0 radical (unpaired) electrons. The Bertz CT molecular complexity index is 7120. The molecule has 0 aliphatic heterocycles. The number of carbonyl (C=O) groups excluding carboxylic acids is 4. The Hall–Kier alpha value is -14.7. The van der Waals surface area contributed by atoms with Crippen molar-refractivity contribution in [3.05, 3.63) is 239 Å².